The van der Waals surface area contributed by atoms with E-state index in [1.54, 1.807) is 7.11 Å². The first-order valence-corrected chi connectivity index (χ1v) is 9.32. The standard InChI is InChI=1S/C19H29N5O3.HI/c1-3-20-19(23-14-18(26)24-10-4-5-11-24)22-13-17(25)21-12-15-6-8-16(27-2)9-7-15;/h6-9H,3-5,10-14H2,1-2H3,(H,21,25)(H2,20,22,23);1H. The van der Waals surface area contributed by atoms with Crippen LogP contribution in [0, 0.1) is 0 Å². The molecule has 0 saturated carbocycles. The zero-order valence-electron chi connectivity index (χ0n) is 16.5. The van der Waals surface area contributed by atoms with Gasteiger partial charge in [0, 0.05) is 26.2 Å². The molecule has 156 valence electrons. The Bertz CT molecular complexity index is 645. The second kappa shape index (κ2) is 13.2. The van der Waals surface area contributed by atoms with Crippen molar-refractivity contribution in [2.75, 3.05) is 39.8 Å². The molecule has 2 amide bonds. The third kappa shape index (κ3) is 8.32. The van der Waals surface area contributed by atoms with E-state index < -0.39 is 0 Å². The Morgan fingerprint density at radius 1 is 1.11 bits per heavy atom. The molecule has 9 heteroatoms. The van der Waals surface area contributed by atoms with Crippen LogP contribution in [0.1, 0.15) is 25.3 Å². The minimum atomic E-state index is -0.186. The van der Waals surface area contributed by atoms with E-state index in [4.69, 9.17) is 4.74 Å². The van der Waals surface area contributed by atoms with Gasteiger partial charge in [0.15, 0.2) is 5.96 Å². The molecule has 0 bridgehead atoms. The lowest BCUT2D eigenvalue weighted by Crippen LogP contribution is -2.44. The Morgan fingerprint density at radius 2 is 1.79 bits per heavy atom. The van der Waals surface area contributed by atoms with E-state index in [1.165, 1.54) is 0 Å². The molecule has 1 aliphatic heterocycles. The van der Waals surface area contributed by atoms with E-state index in [2.05, 4.69) is 20.9 Å². The second-order valence-corrected chi connectivity index (χ2v) is 6.26. The first-order chi connectivity index (χ1) is 13.1. The summed E-state index contributed by atoms with van der Waals surface area (Å²) in [5.74, 6) is 1.11. The highest BCUT2D eigenvalue weighted by Crippen LogP contribution is 2.10. The molecule has 28 heavy (non-hydrogen) atoms. The monoisotopic (exact) mass is 503 g/mol. The van der Waals surface area contributed by atoms with E-state index in [0.29, 0.717) is 19.0 Å². The third-order valence-corrected chi connectivity index (χ3v) is 4.24. The lowest BCUT2D eigenvalue weighted by atomic mass is 10.2. The molecule has 0 spiro atoms. The summed E-state index contributed by atoms with van der Waals surface area (Å²) in [7, 11) is 1.61. The van der Waals surface area contributed by atoms with Crippen molar-refractivity contribution < 1.29 is 14.3 Å². The smallest absolute Gasteiger partial charge is 0.242 e. The average molecular weight is 503 g/mol. The number of amides is 2. The van der Waals surface area contributed by atoms with Crippen LogP contribution in [-0.2, 0) is 16.1 Å². The Kier molecular flexibility index (Phi) is 11.3. The van der Waals surface area contributed by atoms with Gasteiger partial charge in [-0.15, -0.1) is 24.0 Å². The molecule has 0 aliphatic carbocycles. The molecule has 1 heterocycles. The molecular formula is C19H30IN5O3. The van der Waals surface area contributed by atoms with Crippen molar-refractivity contribution in [3.8, 4) is 5.75 Å². The number of benzene rings is 1. The number of carbonyl (C=O) groups is 2. The van der Waals surface area contributed by atoms with Gasteiger partial charge in [-0.25, -0.2) is 4.99 Å². The predicted octanol–water partition coefficient (Wildman–Crippen LogP) is 1.11. The van der Waals surface area contributed by atoms with Crippen LogP contribution >= 0.6 is 24.0 Å². The molecule has 2 rings (SSSR count). The SMILES string of the molecule is CCNC(=NCC(=O)NCc1ccc(OC)cc1)NCC(=O)N1CCCC1.I. The van der Waals surface area contributed by atoms with Gasteiger partial charge < -0.3 is 25.6 Å². The molecule has 0 unspecified atom stereocenters. The van der Waals surface area contributed by atoms with Crippen molar-refractivity contribution in [2.45, 2.75) is 26.3 Å². The minimum Gasteiger partial charge on any atom is -0.497 e. The number of nitrogens with one attached hydrogen (secondary N) is 3. The second-order valence-electron chi connectivity index (χ2n) is 6.26. The highest BCUT2D eigenvalue weighted by molar-refractivity contribution is 14.0. The van der Waals surface area contributed by atoms with Crippen molar-refractivity contribution in [1.82, 2.24) is 20.9 Å². The summed E-state index contributed by atoms with van der Waals surface area (Å²) in [5.41, 5.74) is 0.981. The van der Waals surface area contributed by atoms with Crippen molar-refractivity contribution in [2.24, 2.45) is 4.99 Å². The predicted molar refractivity (Wildman–Crippen MR) is 120 cm³/mol. The number of aliphatic imine (C=N–C) groups is 1. The summed E-state index contributed by atoms with van der Waals surface area (Å²) in [6.45, 7) is 4.82. The number of likely N-dealkylation sites (tertiary alicyclic amines) is 1. The number of methoxy groups -OCH3 is 1. The molecule has 1 fully saturated rings. The first-order valence-electron chi connectivity index (χ1n) is 9.32. The molecule has 1 aromatic rings. The van der Waals surface area contributed by atoms with Crippen LogP contribution in [0.4, 0.5) is 0 Å². The molecule has 0 aromatic heterocycles. The number of guanidine groups is 1. The number of nitrogens with zero attached hydrogens (tertiary/aromatic N) is 2. The van der Waals surface area contributed by atoms with Crippen molar-refractivity contribution in [1.29, 1.82) is 0 Å². The summed E-state index contributed by atoms with van der Waals surface area (Å²) in [5, 5.41) is 8.86. The topological polar surface area (TPSA) is 95.1 Å². The Morgan fingerprint density at radius 3 is 2.39 bits per heavy atom. The maximum Gasteiger partial charge on any atom is 0.242 e. The minimum absolute atomic E-state index is 0. The fourth-order valence-corrected chi connectivity index (χ4v) is 2.73. The number of halogens is 1. The van der Waals surface area contributed by atoms with Gasteiger partial charge in [-0.3, -0.25) is 9.59 Å². The quantitative estimate of drug-likeness (QED) is 0.281. The van der Waals surface area contributed by atoms with Gasteiger partial charge in [0.2, 0.25) is 11.8 Å². The van der Waals surface area contributed by atoms with Crippen LogP contribution in [0.3, 0.4) is 0 Å². The summed E-state index contributed by atoms with van der Waals surface area (Å²) in [6.07, 6.45) is 2.13. The number of carbonyl (C=O) groups excluding carboxylic acids is 2. The molecule has 1 aliphatic rings. The Labute approximate surface area is 183 Å². The summed E-state index contributed by atoms with van der Waals surface area (Å²) >= 11 is 0. The van der Waals surface area contributed by atoms with Gasteiger partial charge in [-0.2, -0.15) is 0 Å². The van der Waals surface area contributed by atoms with Gasteiger partial charge in [-0.1, -0.05) is 12.1 Å². The lowest BCUT2D eigenvalue weighted by Gasteiger charge is -2.17. The largest absolute Gasteiger partial charge is 0.497 e. The van der Waals surface area contributed by atoms with Gasteiger partial charge in [0.05, 0.1) is 13.7 Å². The zero-order chi connectivity index (χ0) is 19.5. The van der Waals surface area contributed by atoms with Gasteiger partial charge in [-0.05, 0) is 37.5 Å². The maximum atomic E-state index is 12.1. The fraction of sp³-hybridized carbons (Fsp3) is 0.526. The Hall–Kier alpha value is -2.04. The Balaban J connectivity index is 0.00000392. The van der Waals surface area contributed by atoms with Gasteiger partial charge in [0.25, 0.3) is 0 Å². The summed E-state index contributed by atoms with van der Waals surface area (Å²) < 4.78 is 5.11. The van der Waals surface area contributed by atoms with Crippen LogP contribution in [0.5, 0.6) is 5.75 Å². The van der Waals surface area contributed by atoms with Crippen LogP contribution < -0.4 is 20.7 Å². The third-order valence-electron chi connectivity index (χ3n) is 4.24. The molecular weight excluding hydrogens is 473 g/mol. The number of hydrogen-bond acceptors (Lipinski definition) is 4. The van der Waals surface area contributed by atoms with Gasteiger partial charge in [0.1, 0.15) is 12.3 Å². The van der Waals surface area contributed by atoms with Crippen LogP contribution in [0.15, 0.2) is 29.3 Å². The van der Waals surface area contributed by atoms with E-state index in [-0.39, 0.29) is 48.9 Å². The van der Waals surface area contributed by atoms with Crippen molar-refractivity contribution >= 4 is 41.8 Å². The first kappa shape index (κ1) is 24.0. The average Bonchev–Trinajstić information content (AvgIpc) is 3.23. The van der Waals surface area contributed by atoms with Crippen molar-refractivity contribution in [3.05, 3.63) is 29.8 Å². The van der Waals surface area contributed by atoms with E-state index in [1.807, 2.05) is 36.1 Å². The molecule has 1 aromatic carbocycles. The summed E-state index contributed by atoms with van der Waals surface area (Å²) in [4.78, 5) is 30.2. The van der Waals surface area contributed by atoms with E-state index in [0.717, 1.165) is 37.2 Å². The number of rotatable bonds is 8. The molecule has 8 nitrogen and oxygen atoms in total. The zero-order valence-corrected chi connectivity index (χ0v) is 18.8. The van der Waals surface area contributed by atoms with E-state index in [9.17, 15) is 9.59 Å². The van der Waals surface area contributed by atoms with Crippen LogP contribution in [-0.4, -0.2) is 62.5 Å². The normalized spacial score (nSPS) is 13.5. The molecule has 0 atom stereocenters. The van der Waals surface area contributed by atoms with Crippen LogP contribution in [0.2, 0.25) is 0 Å². The van der Waals surface area contributed by atoms with Crippen LogP contribution in [0.25, 0.3) is 0 Å². The highest BCUT2D eigenvalue weighted by Gasteiger charge is 2.17. The maximum absolute atomic E-state index is 12.1. The van der Waals surface area contributed by atoms with Crippen molar-refractivity contribution in [3.63, 3.8) is 0 Å². The molecule has 0 radical (unpaired) electrons. The lowest BCUT2D eigenvalue weighted by molar-refractivity contribution is -0.128. The summed E-state index contributed by atoms with van der Waals surface area (Å²) in [6, 6.07) is 7.50. The highest BCUT2D eigenvalue weighted by atomic mass is 127. The molecule has 3 N–H and O–H groups in total. The van der Waals surface area contributed by atoms with Gasteiger partial charge >= 0.3 is 0 Å². The number of hydrogen-bond donors (Lipinski definition) is 3. The number of ether oxygens (including phenoxy) is 1. The fourth-order valence-electron chi connectivity index (χ4n) is 2.73. The molecule has 1 saturated heterocycles. The van der Waals surface area contributed by atoms with E-state index >= 15 is 0 Å².